The number of rotatable bonds is 6. The second kappa shape index (κ2) is 10.3. The number of nitrogens with zero attached hydrogens (tertiary/aromatic N) is 1. The monoisotopic (exact) mass is 501 g/mol. The number of aryl methyl sites for hydroxylation is 2. The minimum absolute atomic E-state index is 0.277. The number of para-hydroxylation sites is 1. The van der Waals surface area contributed by atoms with Crippen LogP contribution in [0, 0.1) is 0 Å². The number of allylic oxidation sites excluding steroid dienone is 2. The average Bonchev–Trinajstić information content (AvgIpc) is 3.01. The van der Waals surface area contributed by atoms with Gasteiger partial charge in [-0.3, -0.25) is 0 Å². The molecule has 1 aliphatic heterocycles. The van der Waals surface area contributed by atoms with E-state index in [9.17, 15) is 0 Å². The Morgan fingerprint density at radius 3 is 2.03 bits per heavy atom. The van der Waals surface area contributed by atoms with Gasteiger partial charge < -0.3 is 4.90 Å². The third-order valence-electron chi connectivity index (χ3n) is 8.04. The van der Waals surface area contributed by atoms with Gasteiger partial charge in [0.2, 0.25) is 0 Å². The molecule has 188 valence electrons. The summed E-state index contributed by atoms with van der Waals surface area (Å²) in [5, 5.41) is 0. The molecule has 0 amide bonds. The lowest BCUT2D eigenvalue weighted by Gasteiger charge is -2.41. The van der Waals surface area contributed by atoms with Gasteiger partial charge in [0.25, 0.3) is 0 Å². The van der Waals surface area contributed by atoms with Crippen LogP contribution >= 0.6 is 0 Å². The largest absolute Gasteiger partial charge is 0.334 e. The van der Waals surface area contributed by atoms with Crippen molar-refractivity contribution in [1.29, 1.82) is 0 Å². The second-order valence-corrected chi connectivity index (χ2v) is 10.5. The Hall–Kier alpha value is -4.62. The van der Waals surface area contributed by atoms with Crippen LogP contribution in [0.2, 0.25) is 0 Å². The van der Waals surface area contributed by atoms with Crippen molar-refractivity contribution in [2.45, 2.75) is 25.3 Å². The van der Waals surface area contributed by atoms with Gasteiger partial charge >= 0.3 is 0 Å². The van der Waals surface area contributed by atoms with Gasteiger partial charge in [-0.1, -0.05) is 127 Å². The molecule has 1 atom stereocenters. The van der Waals surface area contributed by atoms with Gasteiger partial charge in [0.15, 0.2) is 0 Å². The highest BCUT2D eigenvalue weighted by molar-refractivity contribution is 5.95. The Labute approximate surface area is 231 Å². The first-order valence-electron chi connectivity index (χ1n) is 13.9. The lowest BCUT2D eigenvalue weighted by molar-refractivity contribution is 0.778. The van der Waals surface area contributed by atoms with Crippen LogP contribution in [0.3, 0.4) is 0 Å². The molecular formula is C38H31N. The summed E-state index contributed by atoms with van der Waals surface area (Å²) in [6.07, 6.45) is 8.03. The Balaban J connectivity index is 1.21. The first-order valence-corrected chi connectivity index (χ1v) is 13.9. The van der Waals surface area contributed by atoms with Gasteiger partial charge in [0, 0.05) is 16.9 Å². The summed E-state index contributed by atoms with van der Waals surface area (Å²) in [5.74, 6) is 0. The number of hydrogen-bond acceptors (Lipinski definition) is 1. The van der Waals surface area contributed by atoms with E-state index >= 15 is 0 Å². The van der Waals surface area contributed by atoms with Crippen LogP contribution in [0.4, 0.5) is 11.4 Å². The molecule has 0 saturated heterocycles. The molecule has 5 aromatic rings. The van der Waals surface area contributed by atoms with Gasteiger partial charge in [-0.15, -0.1) is 0 Å². The van der Waals surface area contributed by atoms with Crippen molar-refractivity contribution in [1.82, 2.24) is 0 Å². The van der Waals surface area contributed by atoms with Gasteiger partial charge in [-0.2, -0.15) is 0 Å². The van der Waals surface area contributed by atoms with E-state index in [0.717, 1.165) is 19.3 Å². The van der Waals surface area contributed by atoms with E-state index in [1.807, 2.05) is 0 Å². The van der Waals surface area contributed by atoms with Crippen LogP contribution in [-0.4, -0.2) is 6.04 Å². The maximum Gasteiger partial charge on any atom is 0.0572 e. The zero-order chi connectivity index (χ0) is 26.0. The van der Waals surface area contributed by atoms with Crippen molar-refractivity contribution in [3.05, 3.63) is 168 Å². The maximum atomic E-state index is 2.53. The molecular weight excluding hydrogens is 470 g/mol. The fraction of sp³-hybridized carbons (Fsp3) is 0.105. The zero-order valence-electron chi connectivity index (χ0n) is 22.0. The molecule has 0 radical (unpaired) electrons. The van der Waals surface area contributed by atoms with Crippen molar-refractivity contribution in [3.8, 4) is 11.1 Å². The first-order chi connectivity index (χ1) is 19.3. The number of anilines is 2. The van der Waals surface area contributed by atoms with Crippen LogP contribution < -0.4 is 4.90 Å². The molecule has 1 aliphatic carbocycles. The number of benzene rings is 5. The third kappa shape index (κ3) is 4.73. The fourth-order valence-electron chi connectivity index (χ4n) is 6.05. The molecule has 1 nitrogen and oxygen atoms in total. The quantitative estimate of drug-likeness (QED) is 0.224. The van der Waals surface area contributed by atoms with Crippen molar-refractivity contribution < 1.29 is 0 Å². The summed E-state index contributed by atoms with van der Waals surface area (Å²) >= 11 is 0. The third-order valence-corrected chi connectivity index (χ3v) is 8.04. The Bertz CT molecular complexity index is 1660. The summed E-state index contributed by atoms with van der Waals surface area (Å²) in [5.41, 5.74) is 13.2. The van der Waals surface area contributed by atoms with Gasteiger partial charge in [-0.05, 0) is 76.4 Å². The average molecular weight is 502 g/mol. The van der Waals surface area contributed by atoms with E-state index in [2.05, 4.69) is 151 Å². The van der Waals surface area contributed by atoms with E-state index in [0.29, 0.717) is 0 Å². The highest BCUT2D eigenvalue weighted by atomic mass is 15.2. The minimum Gasteiger partial charge on any atom is -0.334 e. The SMILES string of the molecule is C1=C(c2ccc(CCc3ccccc3)cc2)C=C2CC1N(c1cccc(-c3ccccc3)c1)c1ccccc12. The second-order valence-electron chi connectivity index (χ2n) is 10.5. The van der Waals surface area contributed by atoms with Crippen LogP contribution in [0.1, 0.15) is 28.7 Å². The summed E-state index contributed by atoms with van der Waals surface area (Å²) < 4.78 is 0. The molecule has 2 bridgehead atoms. The standard InChI is InChI=1S/C38H31N/c1-3-10-28(11-4-1)18-19-29-20-22-31(23-21-29)33-24-34-27-36(26-33)39(38-17-8-7-16-37(34)38)35-15-9-14-32(25-35)30-12-5-2-6-13-30/h1-17,20-26,36H,18-19,27H2. The van der Waals surface area contributed by atoms with Gasteiger partial charge in [0.1, 0.15) is 0 Å². The molecule has 5 aromatic carbocycles. The number of fused-ring (bicyclic) bond motifs is 4. The van der Waals surface area contributed by atoms with Crippen molar-refractivity contribution >= 4 is 22.5 Å². The lowest BCUT2D eigenvalue weighted by atomic mass is 9.82. The summed E-state index contributed by atoms with van der Waals surface area (Å²) in [4.78, 5) is 2.53. The molecule has 39 heavy (non-hydrogen) atoms. The molecule has 1 unspecified atom stereocenters. The predicted octanol–water partition coefficient (Wildman–Crippen LogP) is 9.53. The Morgan fingerprint density at radius 1 is 0.564 bits per heavy atom. The van der Waals surface area contributed by atoms with Gasteiger partial charge in [0.05, 0.1) is 6.04 Å². The smallest absolute Gasteiger partial charge is 0.0572 e. The Morgan fingerprint density at radius 2 is 1.23 bits per heavy atom. The first kappa shape index (κ1) is 23.5. The van der Waals surface area contributed by atoms with E-state index in [-0.39, 0.29) is 6.04 Å². The van der Waals surface area contributed by atoms with E-state index < -0.39 is 0 Å². The highest BCUT2D eigenvalue weighted by Crippen LogP contribution is 2.46. The van der Waals surface area contributed by atoms with Crippen molar-refractivity contribution in [2.75, 3.05) is 4.90 Å². The van der Waals surface area contributed by atoms with Crippen molar-refractivity contribution in [2.24, 2.45) is 0 Å². The molecule has 1 heteroatoms. The Kier molecular flexibility index (Phi) is 6.19. The van der Waals surface area contributed by atoms with Crippen LogP contribution in [0.25, 0.3) is 22.3 Å². The van der Waals surface area contributed by atoms with Crippen LogP contribution in [0.15, 0.2) is 146 Å². The summed E-state index contributed by atoms with van der Waals surface area (Å²) in [7, 11) is 0. The lowest BCUT2D eigenvalue weighted by Crippen LogP contribution is -2.35. The molecule has 0 aromatic heterocycles. The van der Waals surface area contributed by atoms with Crippen LogP contribution in [0.5, 0.6) is 0 Å². The van der Waals surface area contributed by atoms with E-state index in [4.69, 9.17) is 0 Å². The summed E-state index contributed by atoms with van der Waals surface area (Å²) in [6, 6.07) is 48.8. The minimum atomic E-state index is 0.277. The van der Waals surface area contributed by atoms with E-state index in [1.165, 1.54) is 55.9 Å². The maximum absolute atomic E-state index is 2.53. The summed E-state index contributed by atoms with van der Waals surface area (Å²) in [6.45, 7) is 0. The molecule has 0 N–H and O–H groups in total. The van der Waals surface area contributed by atoms with E-state index in [1.54, 1.807) is 0 Å². The molecule has 0 saturated carbocycles. The highest BCUT2D eigenvalue weighted by Gasteiger charge is 2.31. The zero-order valence-corrected chi connectivity index (χ0v) is 22.0. The predicted molar refractivity (Wildman–Crippen MR) is 165 cm³/mol. The fourth-order valence-corrected chi connectivity index (χ4v) is 6.05. The molecule has 2 aliphatic rings. The topological polar surface area (TPSA) is 3.24 Å². The molecule has 1 heterocycles. The molecule has 0 fully saturated rings. The van der Waals surface area contributed by atoms with Crippen molar-refractivity contribution in [3.63, 3.8) is 0 Å². The normalized spacial score (nSPS) is 15.8. The van der Waals surface area contributed by atoms with Gasteiger partial charge in [-0.25, -0.2) is 0 Å². The number of hydrogen-bond donors (Lipinski definition) is 0. The van der Waals surface area contributed by atoms with Crippen LogP contribution in [-0.2, 0) is 12.8 Å². The molecule has 7 rings (SSSR count). The molecule has 0 spiro atoms.